The summed E-state index contributed by atoms with van der Waals surface area (Å²) in [4.78, 5) is 27.9. The summed E-state index contributed by atoms with van der Waals surface area (Å²) in [5.41, 5.74) is 0.635. The minimum Gasteiger partial charge on any atom is -0.569 e. The summed E-state index contributed by atoms with van der Waals surface area (Å²) in [5, 5.41) is 20.0. The molecule has 0 aliphatic carbocycles. The van der Waals surface area contributed by atoms with Crippen molar-refractivity contribution in [2.24, 2.45) is 5.28 Å². The van der Waals surface area contributed by atoms with Crippen molar-refractivity contribution in [1.82, 2.24) is 19.5 Å². The number of rotatable bonds is 14. The number of ether oxygens (including phenoxy) is 2. The molecule has 250 valence electrons. The lowest BCUT2D eigenvalue weighted by molar-refractivity contribution is -0.707. The maximum atomic E-state index is 13.5. The molecule has 0 bridgehead atoms. The van der Waals surface area contributed by atoms with E-state index in [9.17, 15) is 36.4 Å². The highest BCUT2D eigenvalue weighted by atomic mass is 32.2. The summed E-state index contributed by atoms with van der Waals surface area (Å²) in [5.74, 6) is -0.755. The largest absolute Gasteiger partial charge is 0.569 e. The van der Waals surface area contributed by atoms with E-state index in [1.165, 1.54) is 38.2 Å². The zero-order valence-corrected chi connectivity index (χ0v) is 26.2. The lowest BCUT2D eigenvalue weighted by Crippen LogP contribution is -2.30. The molecule has 0 radical (unpaired) electrons. The molecule has 1 heterocycles. The molecule has 46 heavy (non-hydrogen) atoms. The fourth-order valence-corrected chi connectivity index (χ4v) is 4.95. The van der Waals surface area contributed by atoms with Crippen LogP contribution in [0.5, 0.6) is 0 Å². The van der Waals surface area contributed by atoms with Crippen molar-refractivity contribution in [3.63, 3.8) is 0 Å². The molecule has 1 N–H and O–H groups in total. The van der Waals surface area contributed by atoms with E-state index < -0.39 is 40.2 Å². The van der Waals surface area contributed by atoms with Crippen LogP contribution in [0.3, 0.4) is 0 Å². The zero-order chi connectivity index (χ0) is 34.1. The maximum absolute atomic E-state index is 13.5. The molecule has 0 fully saturated rings. The highest BCUT2D eigenvalue weighted by molar-refractivity contribution is 7.90. The van der Waals surface area contributed by atoms with Gasteiger partial charge in [-0.05, 0) is 50.1 Å². The van der Waals surface area contributed by atoms with Crippen molar-refractivity contribution >= 4 is 22.1 Å². The Morgan fingerprint density at radius 2 is 1.76 bits per heavy atom. The molecular weight excluding hydrogens is 637 g/mol. The Labute approximate surface area is 262 Å². The second-order valence-corrected chi connectivity index (χ2v) is 11.7. The Balaban J connectivity index is 1.54. The van der Waals surface area contributed by atoms with Gasteiger partial charge in [0, 0.05) is 18.9 Å². The Morgan fingerprint density at radius 1 is 1.11 bits per heavy atom. The summed E-state index contributed by atoms with van der Waals surface area (Å²) >= 11 is 0. The van der Waals surface area contributed by atoms with Crippen LogP contribution in [0.4, 0.5) is 18.0 Å². The standard InChI is InChI=1S/C28H33F3N6O8S/c1-19-9-11-21(12-10-19)24-18-25(28(29,30)31)32-36(24)22-13-15-23(16-14-22)46(41,42)33-26(38)8-6-5-7-17-35(3)37(40)34-45-20(2)44-27(39)43-4/h9-16,18,20H,5-8,17H2,1-4H3,(H,33,38). The number of hydrogen-bond donors (Lipinski definition) is 1. The van der Waals surface area contributed by atoms with Gasteiger partial charge in [0.25, 0.3) is 16.3 Å². The molecule has 1 aromatic heterocycles. The molecule has 0 saturated heterocycles. The quantitative estimate of drug-likeness (QED) is 0.0608. The van der Waals surface area contributed by atoms with E-state index in [0.717, 1.165) is 28.4 Å². The molecule has 0 aliphatic heterocycles. The monoisotopic (exact) mass is 670 g/mol. The third-order valence-electron chi connectivity index (χ3n) is 6.36. The Hall–Kier alpha value is -4.87. The van der Waals surface area contributed by atoms with Crippen LogP contribution in [0, 0.1) is 12.1 Å². The van der Waals surface area contributed by atoms with Crippen LogP contribution < -0.4 is 4.72 Å². The van der Waals surface area contributed by atoms with Gasteiger partial charge in [-0.1, -0.05) is 36.2 Å². The molecular formula is C28H33F3N6O8S. The number of sulfonamides is 1. The SMILES string of the molecule is COC(=O)OC(C)ON=[N+]([O-])N(C)CCCCCC(=O)NS(=O)(=O)c1ccc(-n2nc(C(F)(F)F)cc2-c2ccc(C)cc2)cc1. The van der Waals surface area contributed by atoms with E-state index in [4.69, 9.17) is 4.84 Å². The molecule has 1 unspecified atom stereocenters. The van der Waals surface area contributed by atoms with Gasteiger partial charge in [0.2, 0.25) is 11.2 Å². The molecule has 2 aromatic carbocycles. The van der Waals surface area contributed by atoms with Crippen LogP contribution >= 0.6 is 0 Å². The van der Waals surface area contributed by atoms with Crippen LogP contribution in [0.1, 0.15) is 43.9 Å². The summed E-state index contributed by atoms with van der Waals surface area (Å²) in [6, 6.07) is 12.7. The van der Waals surface area contributed by atoms with Crippen LogP contribution in [-0.4, -0.2) is 67.2 Å². The van der Waals surface area contributed by atoms with E-state index in [1.807, 2.05) is 11.6 Å². The Morgan fingerprint density at radius 3 is 2.37 bits per heavy atom. The van der Waals surface area contributed by atoms with Gasteiger partial charge >= 0.3 is 12.3 Å². The second-order valence-electron chi connectivity index (χ2n) is 9.98. The first-order valence-electron chi connectivity index (χ1n) is 13.8. The number of benzene rings is 2. The molecule has 1 atom stereocenters. The maximum Gasteiger partial charge on any atom is 0.511 e. The van der Waals surface area contributed by atoms with Gasteiger partial charge in [-0.15, -0.1) is 5.01 Å². The number of alkyl halides is 3. The number of halogens is 3. The van der Waals surface area contributed by atoms with Crippen molar-refractivity contribution in [2.45, 2.75) is 56.9 Å². The minimum absolute atomic E-state index is 0.120. The van der Waals surface area contributed by atoms with Crippen LogP contribution in [0.2, 0.25) is 0 Å². The summed E-state index contributed by atoms with van der Waals surface area (Å²) in [7, 11) is -1.73. The van der Waals surface area contributed by atoms with E-state index in [-0.39, 0.29) is 34.2 Å². The van der Waals surface area contributed by atoms with E-state index in [1.54, 1.807) is 24.3 Å². The third kappa shape index (κ3) is 10.1. The number of nitrogens with zero attached hydrogens (tertiary/aromatic N) is 5. The van der Waals surface area contributed by atoms with Crippen LogP contribution in [0.25, 0.3) is 16.9 Å². The van der Waals surface area contributed by atoms with Gasteiger partial charge in [-0.3, -0.25) is 9.63 Å². The minimum atomic E-state index is -4.70. The first-order valence-corrected chi connectivity index (χ1v) is 15.3. The average Bonchev–Trinajstić information content (AvgIpc) is 3.46. The summed E-state index contributed by atoms with van der Waals surface area (Å²) in [6.45, 7) is 3.39. The predicted molar refractivity (Wildman–Crippen MR) is 155 cm³/mol. The molecule has 0 aliphatic rings. The number of hydrazine groups is 1. The highest BCUT2D eigenvalue weighted by Gasteiger charge is 2.35. The Bertz CT molecular complexity index is 1630. The van der Waals surface area contributed by atoms with Crippen molar-refractivity contribution < 1.29 is 50.5 Å². The van der Waals surface area contributed by atoms with Gasteiger partial charge in [0.1, 0.15) is 0 Å². The number of aryl methyl sites for hydroxylation is 1. The predicted octanol–water partition coefficient (Wildman–Crippen LogP) is 5.10. The van der Waals surface area contributed by atoms with Crippen LogP contribution in [-0.2, 0) is 35.3 Å². The molecule has 0 saturated carbocycles. The fourth-order valence-electron chi connectivity index (χ4n) is 3.94. The Kier molecular flexibility index (Phi) is 11.9. The summed E-state index contributed by atoms with van der Waals surface area (Å²) < 4.78 is 77.9. The second kappa shape index (κ2) is 15.4. The number of nitrogens with one attached hydrogen (secondary N) is 1. The van der Waals surface area contributed by atoms with Gasteiger partial charge < -0.3 is 14.7 Å². The van der Waals surface area contributed by atoms with Gasteiger partial charge in [0.05, 0.1) is 41.9 Å². The van der Waals surface area contributed by atoms with Gasteiger partial charge in [0.15, 0.2) is 5.69 Å². The third-order valence-corrected chi connectivity index (χ3v) is 7.75. The van der Waals surface area contributed by atoms with E-state index in [0.29, 0.717) is 24.8 Å². The molecule has 3 rings (SSSR count). The number of methoxy groups -OCH3 is 1. The first-order chi connectivity index (χ1) is 21.6. The lowest BCUT2D eigenvalue weighted by Gasteiger charge is -2.14. The van der Waals surface area contributed by atoms with Crippen molar-refractivity contribution in [1.29, 1.82) is 0 Å². The fraction of sp³-hybridized carbons (Fsp3) is 0.393. The molecule has 0 spiro atoms. The topological polar surface area (TPSA) is 167 Å². The van der Waals surface area contributed by atoms with Crippen molar-refractivity contribution in [3.8, 4) is 16.9 Å². The van der Waals surface area contributed by atoms with Gasteiger partial charge in [-0.25, -0.2) is 22.6 Å². The summed E-state index contributed by atoms with van der Waals surface area (Å²) in [6.07, 6.45) is -5.75. The number of carbonyl (C=O) groups excluding carboxylic acids is 2. The lowest BCUT2D eigenvalue weighted by atomic mass is 10.1. The van der Waals surface area contributed by atoms with Crippen molar-refractivity contribution in [2.75, 3.05) is 20.7 Å². The van der Waals surface area contributed by atoms with E-state index in [2.05, 4.69) is 19.8 Å². The van der Waals surface area contributed by atoms with Gasteiger partial charge in [-0.2, -0.15) is 18.3 Å². The smallest absolute Gasteiger partial charge is 0.511 e. The number of aromatic nitrogens is 2. The molecule has 3 aromatic rings. The average molecular weight is 671 g/mol. The van der Waals surface area contributed by atoms with Crippen LogP contribution in [0.15, 0.2) is 64.8 Å². The first kappa shape index (κ1) is 35.6. The molecule has 18 heteroatoms. The van der Waals surface area contributed by atoms with Crippen molar-refractivity contribution in [3.05, 3.63) is 71.1 Å². The number of amides is 1. The normalized spacial score (nSPS) is 12.7. The number of unbranched alkanes of at least 4 members (excludes halogenated alkanes) is 2. The molecule has 1 amide bonds. The zero-order valence-electron chi connectivity index (χ0n) is 25.4. The van der Waals surface area contributed by atoms with E-state index >= 15 is 0 Å². The highest BCUT2D eigenvalue weighted by Crippen LogP contribution is 2.33. The molecule has 14 nitrogen and oxygen atoms in total. The number of hydrogen-bond acceptors (Lipinski definition) is 10. The number of carbonyl (C=O) groups is 2.